The zero-order chi connectivity index (χ0) is 31.8. The minimum Gasteiger partial charge on any atom is -0.481 e. The summed E-state index contributed by atoms with van der Waals surface area (Å²) in [7, 11) is 3.99. The Balaban J connectivity index is 0.000000236. The number of esters is 1. The van der Waals surface area contributed by atoms with E-state index >= 15 is 0 Å². The Morgan fingerprint density at radius 3 is 1.37 bits per heavy atom. The highest BCUT2D eigenvalue weighted by Crippen LogP contribution is 2.38. The first-order valence-electron chi connectivity index (χ1n) is 13.3. The van der Waals surface area contributed by atoms with Gasteiger partial charge in [-0.25, -0.2) is 9.59 Å². The molecule has 2 heterocycles. The van der Waals surface area contributed by atoms with Crippen LogP contribution in [0.25, 0.3) is 0 Å². The number of nitrogens with zero attached hydrogens (tertiary/aromatic N) is 2. The highest BCUT2D eigenvalue weighted by atomic mass is 35.5. The van der Waals surface area contributed by atoms with Gasteiger partial charge in [-0.05, 0) is 73.2 Å². The van der Waals surface area contributed by atoms with Crippen LogP contribution in [-0.4, -0.2) is 73.5 Å². The molecule has 0 saturated carbocycles. The van der Waals surface area contributed by atoms with Crippen LogP contribution in [0.5, 0.6) is 0 Å². The molecule has 0 spiro atoms. The molecule has 2 aliphatic heterocycles. The molecular weight excluding hydrogens is 646 g/mol. The highest BCUT2D eigenvalue weighted by molar-refractivity contribution is 6.35. The van der Waals surface area contributed by atoms with E-state index in [0.29, 0.717) is 64.4 Å². The molecule has 2 fully saturated rings. The maximum absolute atomic E-state index is 12.0. The number of carbonyl (C=O) groups excluding carboxylic acids is 3. The number of aliphatic carboxylic acids is 1. The number of methoxy groups -OCH3 is 3. The molecule has 4 rings (SSSR count). The van der Waals surface area contributed by atoms with Crippen molar-refractivity contribution < 1.29 is 38.5 Å². The summed E-state index contributed by atoms with van der Waals surface area (Å²) in [5, 5.41) is 11.1. The molecule has 4 atom stereocenters. The van der Waals surface area contributed by atoms with Crippen molar-refractivity contribution in [3.63, 3.8) is 0 Å². The third-order valence-corrected chi connectivity index (χ3v) is 8.32. The molecule has 1 N–H and O–H groups in total. The smallest absolute Gasteiger partial charge is 0.409 e. The molecule has 0 bridgehead atoms. The number of carboxylic acids is 1. The van der Waals surface area contributed by atoms with E-state index in [1.165, 1.54) is 26.2 Å². The van der Waals surface area contributed by atoms with Gasteiger partial charge in [0, 0.05) is 33.2 Å². The Hall–Kier alpha value is -2.92. The number of piperidine rings is 2. The maximum Gasteiger partial charge on any atom is 0.409 e. The van der Waals surface area contributed by atoms with E-state index < -0.39 is 30.1 Å². The first-order chi connectivity index (χ1) is 20.4. The standard InChI is InChI=1S/C15H17Cl2NO4.C14H15Cl2NO4/c1-21-14(19)9-3-4-18(15(20)22-2)13(7-9)10-5-11(16)8-12(17)6-10;1-21-14(20)17-3-2-8(13(18)19)6-12(17)9-4-10(15)7-11(16)5-9/h5-6,8-9,13H,3-4,7H2,1-2H3;4-5,7-8,12H,2-3,6H2,1H3,(H,18,19). The predicted octanol–water partition coefficient (Wildman–Crippen LogP) is 7.28. The van der Waals surface area contributed by atoms with E-state index in [4.69, 9.17) is 60.6 Å². The average molecular weight is 678 g/mol. The molecule has 4 unspecified atom stereocenters. The van der Waals surface area contributed by atoms with Crippen molar-refractivity contribution in [1.29, 1.82) is 0 Å². The lowest BCUT2D eigenvalue weighted by Gasteiger charge is -2.37. The van der Waals surface area contributed by atoms with Crippen molar-refractivity contribution in [3.05, 3.63) is 67.6 Å². The summed E-state index contributed by atoms with van der Waals surface area (Å²) in [6.07, 6.45) is 0.755. The van der Waals surface area contributed by atoms with Gasteiger partial charge in [0.15, 0.2) is 0 Å². The van der Waals surface area contributed by atoms with E-state index in [9.17, 15) is 24.3 Å². The van der Waals surface area contributed by atoms with Crippen molar-refractivity contribution in [3.8, 4) is 0 Å². The molecule has 0 aromatic heterocycles. The van der Waals surface area contributed by atoms with E-state index in [1.807, 2.05) is 0 Å². The Bertz CT molecular complexity index is 1300. The summed E-state index contributed by atoms with van der Waals surface area (Å²) in [5.74, 6) is -1.91. The summed E-state index contributed by atoms with van der Waals surface area (Å²) in [6.45, 7) is 0.722. The van der Waals surface area contributed by atoms with Gasteiger partial charge in [0.1, 0.15) is 0 Å². The molecule has 10 nitrogen and oxygen atoms in total. The van der Waals surface area contributed by atoms with Gasteiger partial charge in [0.25, 0.3) is 0 Å². The van der Waals surface area contributed by atoms with Gasteiger partial charge in [-0.3, -0.25) is 9.59 Å². The van der Waals surface area contributed by atoms with Gasteiger partial charge in [-0.2, -0.15) is 0 Å². The third kappa shape index (κ3) is 9.04. The quantitative estimate of drug-likeness (QED) is 0.265. The van der Waals surface area contributed by atoms with Crippen LogP contribution >= 0.6 is 46.4 Å². The van der Waals surface area contributed by atoms with Gasteiger partial charge in [-0.15, -0.1) is 0 Å². The van der Waals surface area contributed by atoms with Gasteiger partial charge in [0.2, 0.25) is 0 Å². The van der Waals surface area contributed by atoms with E-state index in [0.717, 1.165) is 5.56 Å². The van der Waals surface area contributed by atoms with Crippen molar-refractivity contribution in [2.75, 3.05) is 34.4 Å². The van der Waals surface area contributed by atoms with Crippen LogP contribution in [0.15, 0.2) is 36.4 Å². The van der Waals surface area contributed by atoms with Crippen molar-refractivity contribution in [2.24, 2.45) is 11.8 Å². The van der Waals surface area contributed by atoms with E-state index in [1.54, 1.807) is 41.3 Å². The molecular formula is C29H32Cl4N2O8. The van der Waals surface area contributed by atoms with Crippen LogP contribution in [0, 0.1) is 11.8 Å². The number of likely N-dealkylation sites (tertiary alicyclic amines) is 2. The van der Waals surface area contributed by atoms with Crippen molar-refractivity contribution in [1.82, 2.24) is 9.80 Å². The van der Waals surface area contributed by atoms with Crippen LogP contribution in [0.4, 0.5) is 9.59 Å². The number of carboxylic acid groups (broad SMARTS) is 1. The van der Waals surface area contributed by atoms with E-state index in [2.05, 4.69) is 0 Å². The molecule has 2 aromatic carbocycles. The lowest BCUT2D eigenvalue weighted by Crippen LogP contribution is -2.42. The van der Waals surface area contributed by atoms with Crippen molar-refractivity contribution >= 4 is 70.5 Å². The average Bonchev–Trinajstić information content (AvgIpc) is 2.98. The molecule has 43 heavy (non-hydrogen) atoms. The Morgan fingerprint density at radius 2 is 1.02 bits per heavy atom. The second kappa shape index (κ2) is 15.7. The molecule has 14 heteroatoms. The number of halogens is 4. The summed E-state index contributed by atoms with van der Waals surface area (Å²) < 4.78 is 14.4. The fourth-order valence-electron chi connectivity index (χ4n) is 5.37. The summed E-state index contributed by atoms with van der Waals surface area (Å²) in [6, 6.07) is 9.34. The fourth-order valence-corrected chi connectivity index (χ4v) is 6.46. The van der Waals surface area contributed by atoms with Crippen LogP contribution in [0.2, 0.25) is 20.1 Å². The molecule has 2 saturated heterocycles. The molecule has 0 radical (unpaired) electrons. The number of amides is 2. The molecule has 2 aromatic rings. The largest absolute Gasteiger partial charge is 0.481 e. The molecule has 0 aliphatic carbocycles. The van der Waals surface area contributed by atoms with Gasteiger partial charge in [-0.1, -0.05) is 46.4 Å². The molecule has 234 valence electrons. The first-order valence-corrected chi connectivity index (χ1v) is 14.8. The summed E-state index contributed by atoms with van der Waals surface area (Å²) in [4.78, 5) is 50.0. The van der Waals surface area contributed by atoms with Crippen LogP contribution < -0.4 is 0 Å². The summed E-state index contributed by atoms with van der Waals surface area (Å²) >= 11 is 24.1. The Morgan fingerprint density at radius 1 is 0.651 bits per heavy atom. The number of benzene rings is 2. The first kappa shape index (κ1) is 34.6. The lowest BCUT2D eigenvalue weighted by atomic mass is 9.87. The number of carbonyl (C=O) groups is 4. The van der Waals surface area contributed by atoms with Gasteiger partial charge in [0.05, 0.1) is 45.2 Å². The Kier molecular flexibility index (Phi) is 12.6. The second-order valence-electron chi connectivity index (χ2n) is 10.1. The fraction of sp³-hybridized carbons (Fsp3) is 0.448. The minimum absolute atomic E-state index is 0.270. The Labute approximate surface area is 269 Å². The van der Waals surface area contributed by atoms with Crippen LogP contribution in [0.1, 0.15) is 48.9 Å². The van der Waals surface area contributed by atoms with Crippen molar-refractivity contribution in [2.45, 2.75) is 37.8 Å². The predicted molar refractivity (Wildman–Crippen MR) is 162 cm³/mol. The minimum atomic E-state index is -0.863. The number of hydrogen-bond donors (Lipinski definition) is 1. The zero-order valence-electron chi connectivity index (χ0n) is 23.7. The normalized spacial score (nSPS) is 21.7. The van der Waals surface area contributed by atoms with Crippen LogP contribution in [-0.2, 0) is 23.8 Å². The van der Waals surface area contributed by atoms with Gasteiger partial charge >= 0.3 is 24.1 Å². The van der Waals surface area contributed by atoms with E-state index in [-0.39, 0.29) is 17.9 Å². The SMILES string of the molecule is COC(=O)C1CCN(C(=O)OC)C(c2cc(Cl)cc(Cl)c2)C1.COC(=O)N1CCC(C(=O)O)CC1c1cc(Cl)cc(Cl)c1. The van der Waals surface area contributed by atoms with Crippen LogP contribution in [0.3, 0.4) is 0 Å². The second-order valence-corrected chi connectivity index (χ2v) is 11.8. The number of hydrogen-bond acceptors (Lipinski definition) is 7. The highest BCUT2D eigenvalue weighted by Gasteiger charge is 2.38. The van der Waals surface area contributed by atoms with Gasteiger partial charge < -0.3 is 29.1 Å². The lowest BCUT2D eigenvalue weighted by molar-refractivity contribution is -0.147. The molecule has 2 aliphatic rings. The molecule has 2 amide bonds. The third-order valence-electron chi connectivity index (χ3n) is 7.45. The monoisotopic (exact) mass is 676 g/mol. The maximum atomic E-state index is 12.0. The zero-order valence-corrected chi connectivity index (χ0v) is 26.8. The topological polar surface area (TPSA) is 123 Å². The number of ether oxygens (including phenoxy) is 3. The number of rotatable bonds is 4. The summed E-state index contributed by atoms with van der Waals surface area (Å²) in [5.41, 5.74) is 1.49.